The number of benzene rings is 1. The van der Waals surface area contributed by atoms with Crippen molar-refractivity contribution in [2.45, 2.75) is 26.1 Å². The van der Waals surface area contributed by atoms with E-state index >= 15 is 0 Å². The topological polar surface area (TPSA) is 22.0 Å². The maximum atomic E-state index is 12.1. The summed E-state index contributed by atoms with van der Waals surface area (Å²) >= 11 is 15.3. The van der Waals surface area contributed by atoms with Crippen molar-refractivity contribution in [3.05, 3.63) is 50.7 Å². The maximum Gasteiger partial charge on any atom is 0.182 e. The summed E-state index contributed by atoms with van der Waals surface area (Å²) in [5, 5.41) is 0.128. The molecule has 2 rings (SSSR count). The number of ketones is 1. The minimum atomic E-state index is -0.527. The first-order chi connectivity index (χ1) is 9.32. The number of nitrogens with zero attached hydrogens (tertiary/aromatic N) is 1. The average Bonchev–Trinajstić information content (AvgIpc) is 2.67. The van der Waals surface area contributed by atoms with Gasteiger partial charge in [0, 0.05) is 27.1 Å². The van der Waals surface area contributed by atoms with Gasteiger partial charge in [-0.25, -0.2) is 0 Å². The first kappa shape index (κ1) is 15.6. The molecule has 20 heavy (non-hydrogen) atoms. The van der Waals surface area contributed by atoms with Crippen LogP contribution in [0.3, 0.4) is 0 Å². The van der Waals surface area contributed by atoms with Crippen molar-refractivity contribution in [1.29, 1.82) is 0 Å². The molecule has 1 aromatic carbocycles. The van der Waals surface area contributed by atoms with E-state index in [0.29, 0.717) is 10.6 Å². The van der Waals surface area contributed by atoms with Crippen LogP contribution in [0.2, 0.25) is 5.02 Å². The Morgan fingerprint density at radius 1 is 1.30 bits per heavy atom. The highest BCUT2D eigenvalue weighted by Gasteiger charge is 2.20. The largest absolute Gasteiger partial charge is 0.318 e. The molecule has 0 spiro atoms. The summed E-state index contributed by atoms with van der Waals surface area (Å²) in [7, 11) is 0. The number of halogens is 3. The lowest BCUT2D eigenvalue weighted by atomic mass is 10.1. The number of Topliss-reactive ketones (excluding diaryl/α,β-unsaturated/α-hetero) is 1. The Kier molecular flexibility index (Phi) is 4.62. The Balaban J connectivity index is 2.58. The molecule has 0 amide bonds. The minimum absolute atomic E-state index is 0.0564. The smallest absolute Gasteiger partial charge is 0.182 e. The van der Waals surface area contributed by atoms with Crippen molar-refractivity contribution in [3.63, 3.8) is 0 Å². The van der Waals surface area contributed by atoms with E-state index < -0.39 is 5.38 Å². The van der Waals surface area contributed by atoms with Crippen LogP contribution in [0.1, 0.15) is 28.7 Å². The molecule has 1 heterocycles. The van der Waals surface area contributed by atoms with E-state index in [-0.39, 0.29) is 5.78 Å². The van der Waals surface area contributed by atoms with Crippen molar-refractivity contribution in [2.24, 2.45) is 0 Å². The van der Waals surface area contributed by atoms with Gasteiger partial charge in [0.25, 0.3) is 0 Å². The molecule has 0 N–H and O–H groups in total. The van der Waals surface area contributed by atoms with E-state index in [0.717, 1.165) is 21.5 Å². The van der Waals surface area contributed by atoms with Gasteiger partial charge in [-0.05, 0) is 61.0 Å². The first-order valence-electron chi connectivity index (χ1n) is 6.15. The molecule has 0 aliphatic rings. The second-order valence-corrected chi connectivity index (χ2v) is 6.62. The summed E-state index contributed by atoms with van der Waals surface area (Å²) in [6, 6.07) is 7.55. The Morgan fingerprint density at radius 3 is 2.50 bits per heavy atom. The molecule has 0 bridgehead atoms. The van der Waals surface area contributed by atoms with E-state index in [9.17, 15) is 4.79 Å². The van der Waals surface area contributed by atoms with E-state index in [1.807, 2.05) is 42.7 Å². The number of hydrogen-bond donors (Lipinski definition) is 0. The number of carbonyl (C=O) groups excluding carboxylic acids is 1. The summed E-state index contributed by atoms with van der Waals surface area (Å²) < 4.78 is 2.84. The molecule has 2 aromatic rings. The van der Waals surface area contributed by atoms with Gasteiger partial charge in [0.15, 0.2) is 5.78 Å². The van der Waals surface area contributed by atoms with Gasteiger partial charge in [-0.2, -0.15) is 0 Å². The van der Waals surface area contributed by atoms with Gasteiger partial charge in [0.1, 0.15) is 0 Å². The van der Waals surface area contributed by atoms with Crippen molar-refractivity contribution >= 4 is 44.9 Å². The maximum absolute atomic E-state index is 12.1. The van der Waals surface area contributed by atoms with Crippen molar-refractivity contribution in [2.75, 3.05) is 0 Å². The van der Waals surface area contributed by atoms with Crippen LogP contribution in [-0.4, -0.2) is 15.7 Å². The highest BCUT2D eigenvalue weighted by atomic mass is 79.9. The number of carbonyl (C=O) groups is 1. The van der Waals surface area contributed by atoms with Crippen molar-refractivity contribution in [3.8, 4) is 5.69 Å². The number of aryl methyl sites for hydroxylation is 1. The van der Waals surface area contributed by atoms with Crippen LogP contribution in [-0.2, 0) is 0 Å². The summed E-state index contributed by atoms with van der Waals surface area (Å²) in [5.41, 5.74) is 3.49. The molecule has 2 nitrogen and oxygen atoms in total. The Hall–Kier alpha value is -0.770. The van der Waals surface area contributed by atoms with E-state index in [1.54, 1.807) is 6.92 Å². The van der Waals surface area contributed by atoms with Crippen LogP contribution in [0, 0.1) is 13.8 Å². The predicted molar refractivity (Wildman–Crippen MR) is 87.6 cm³/mol. The summed E-state index contributed by atoms with van der Waals surface area (Å²) in [5.74, 6) is -0.0564. The molecule has 0 saturated carbocycles. The fraction of sp³-hybridized carbons (Fsp3) is 0.267. The van der Waals surface area contributed by atoms with Crippen LogP contribution < -0.4 is 0 Å². The molecule has 0 fully saturated rings. The van der Waals surface area contributed by atoms with Gasteiger partial charge in [-0.3, -0.25) is 4.79 Å². The number of aromatic nitrogens is 1. The lowest BCUT2D eigenvalue weighted by molar-refractivity contribution is 0.0991. The quantitative estimate of drug-likeness (QED) is 0.526. The zero-order valence-corrected chi connectivity index (χ0v) is 14.5. The monoisotopic (exact) mass is 373 g/mol. The van der Waals surface area contributed by atoms with Gasteiger partial charge in [0.05, 0.1) is 10.4 Å². The van der Waals surface area contributed by atoms with E-state index in [4.69, 9.17) is 23.2 Å². The fourth-order valence-electron chi connectivity index (χ4n) is 2.25. The molecule has 1 atom stereocenters. The fourth-order valence-corrected chi connectivity index (χ4v) is 2.85. The van der Waals surface area contributed by atoms with Crippen LogP contribution in [0.4, 0.5) is 0 Å². The van der Waals surface area contributed by atoms with Crippen LogP contribution in [0.15, 0.2) is 28.7 Å². The molecule has 1 aromatic heterocycles. The van der Waals surface area contributed by atoms with Crippen molar-refractivity contribution < 1.29 is 4.79 Å². The highest BCUT2D eigenvalue weighted by molar-refractivity contribution is 9.10. The van der Waals surface area contributed by atoms with Crippen LogP contribution in [0.5, 0.6) is 0 Å². The molecule has 0 aliphatic heterocycles. The first-order valence-corrected chi connectivity index (χ1v) is 7.76. The Labute approximate surface area is 136 Å². The molecule has 0 saturated heterocycles. The lowest BCUT2D eigenvalue weighted by Crippen LogP contribution is -2.11. The zero-order valence-electron chi connectivity index (χ0n) is 11.4. The Bertz CT molecular complexity index is 677. The molecule has 1 unspecified atom stereocenters. The van der Waals surface area contributed by atoms with Gasteiger partial charge in [-0.15, -0.1) is 11.6 Å². The molecular formula is C15H14BrCl2NO. The van der Waals surface area contributed by atoms with Gasteiger partial charge >= 0.3 is 0 Å². The molecule has 106 valence electrons. The van der Waals surface area contributed by atoms with Gasteiger partial charge in [-0.1, -0.05) is 11.6 Å². The number of hydrogen-bond acceptors (Lipinski definition) is 1. The summed E-state index contributed by atoms with van der Waals surface area (Å²) in [6.07, 6.45) is 0. The summed E-state index contributed by atoms with van der Waals surface area (Å²) in [4.78, 5) is 12.1. The highest BCUT2D eigenvalue weighted by Crippen LogP contribution is 2.28. The SMILES string of the molecule is Cc1cc(C(=O)C(C)Cl)c(C)n1-c1ccc(Cl)c(Br)c1. The van der Waals surface area contributed by atoms with Crippen LogP contribution in [0.25, 0.3) is 5.69 Å². The third kappa shape index (κ3) is 2.80. The van der Waals surface area contributed by atoms with Gasteiger partial charge in [0.2, 0.25) is 0 Å². The lowest BCUT2D eigenvalue weighted by Gasteiger charge is -2.11. The van der Waals surface area contributed by atoms with Crippen LogP contribution >= 0.6 is 39.1 Å². The molecule has 5 heteroatoms. The zero-order chi connectivity index (χ0) is 15.0. The predicted octanol–water partition coefficient (Wildman–Crippen LogP) is 5.32. The minimum Gasteiger partial charge on any atom is -0.318 e. The number of rotatable bonds is 3. The van der Waals surface area contributed by atoms with E-state index in [1.165, 1.54) is 0 Å². The second-order valence-electron chi connectivity index (χ2n) is 4.70. The van der Waals surface area contributed by atoms with Gasteiger partial charge < -0.3 is 4.57 Å². The third-order valence-corrected chi connectivity index (χ3v) is 4.63. The van der Waals surface area contributed by atoms with E-state index in [2.05, 4.69) is 15.9 Å². The normalized spacial score (nSPS) is 12.5. The standard InChI is InChI=1S/C15H14BrCl2NO/c1-8-6-12(15(20)9(2)17)10(3)19(8)11-4-5-14(18)13(16)7-11/h4-7,9H,1-3H3. The second kappa shape index (κ2) is 5.92. The Morgan fingerprint density at radius 2 is 1.95 bits per heavy atom. The average molecular weight is 375 g/mol. The molecule has 0 aliphatic carbocycles. The molecule has 0 radical (unpaired) electrons. The number of alkyl halides is 1. The summed E-state index contributed by atoms with van der Waals surface area (Å²) in [6.45, 7) is 5.57. The molecular weight excluding hydrogens is 361 g/mol. The third-order valence-electron chi connectivity index (χ3n) is 3.22. The van der Waals surface area contributed by atoms with Crippen molar-refractivity contribution in [1.82, 2.24) is 4.57 Å².